The number of methoxy groups -OCH3 is 1. The second-order valence-electron chi connectivity index (χ2n) is 8.56. The highest BCUT2D eigenvalue weighted by molar-refractivity contribution is 7.90. The highest BCUT2D eigenvalue weighted by atomic mass is 32.2. The second-order valence-corrected chi connectivity index (χ2v) is 10.2. The van der Waals surface area contributed by atoms with Crippen molar-refractivity contribution in [2.24, 2.45) is 0 Å². The Bertz CT molecular complexity index is 1630. The predicted octanol–water partition coefficient (Wildman–Crippen LogP) is 4.71. The molecular weight excluding hydrogens is 511 g/mol. The van der Waals surface area contributed by atoms with E-state index in [0.29, 0.717) is 17.0 Å². The van der Waals surface area contributed by atoms with E-state index < -0.39 is 26.8 Å². The number of ether oxygens (including phenoxy) is 2. The van der Waals surface area contributed by atoms with E-state index in [-0.39, 0.29) is 23.0 Å². The number of amides is 1. The molecule has 0 aliphatic rings. The number of carbonyl (C=O) groups excluding carboxylic acids is 1. The third-order valence-corrected chi connectivity index (χ3v) is 6.83. The Morgan fingerprint density at radius 1 is 0.974 bits per heavy atom. The molecule has 2 aromatic carbocycles. The summed E-state index contributed by atoms with van der Waals surface area (Å²) in [5.41, 5.74) is 8.80. The third kappa shape index (κ3) is 5.57. The van der Waals surface area contributed by atoms with Crippen LogP contribution in [0.2, 0.25) is 0 Å². The molecule has 0 unspecified atom stereocenters. The number of carbonyl (C=O) groups is 1. The lowest BCUT2D eigenvalue weighted by molar-refractivity contribution is 0.0978. The van der Waals surface area contributed by atoms with E-state index in [4.69, 9.17) is 15.2 Å². The topological polar surface area (TPSA) is 134 Å². The van der Waals surface area contributed by atoms with Gasteiger partial charge in [0.2, 0.25) is 5.88 Å². The van der Waals surface area contributed by atoms with E-state index >= 15 is 0 Å². The largest absolute Gasteiger partial charge is 0.496 e. The molecule has 196 valence electrons. The van der Waals surface area contributed by atoms with Crippen molar-refractivity contribution in [3.8, 4) is 28.6 Å². The van der Waals surface area contributed by atoms with Gasteiger partial charge in [-0.25, -0.2) is 19.1 Å². The highest BCUT2D eigenvalue weighted by Gasteiger charge is 2.25. The zero-order valence-electron chi connectivity index (χ0n) is 21.1. The summed E-state index contributed by atoms with van der Waals surface area (Å²) < 4.78 is 52.8. The molecule has 0 radical (unpaired) electrons. The number of sulfonamides is 1. The van der Waals surface area contributed by atoms with Gasteiger partial charge in [-0.15, -0.1) is 0 Å². The SMILES string of the molecule is COc1cc(F)ccc1-c1ccc(C(=O)NS(=O)(=O)c2cccc(N)n2)c(Oc2c(C)cc(C)cc2C)n1. The van der Waals surface area contributed by atoms with Crippen molar-refractivity contribution in [2.45, 2.75) is 25.8 Å². The quantitative estimate of drug-likeness (QED) is 0.347. The van der Waals surface area contributed by atoms with Gasteiger partial charge in [0.25, 0.3) is 15.9 Å². The van der Waals surface area contributed by atoms with Crippen LogP contribution >= 0.6 is 0 Å². The maximum Gasteiger partial charge on any atom is 0.281 e. The number of hydrogen-bond acceptors (Lipinski definition) is 8. The molecule has 2 aromatic heterocycles. The number of nitrogens with zero attached hydrogens (tertiary/aromatic N) is 2. The van der Waals surface area contributed by atoms with Crippen molar-refractivity contribution in [1.29, 1.82) is 0 Å². The number of aryl methyl sites for hydroxylation is 3. The molecule has 11 heteroatoms. The zero-order valence-corrected chi connectivity index (χ0v) is 21.9. The summed E-state index contributed by atoms with van der Waals surface area (Å²) in [6, 6.07) is 14.7. The van der Waals surface area contributed by atoms with E-state index in [2.05, 4.69) is 9.97 Å². The summed E-state index contributed by atoms with van der Waals surface area (Å²) in [6.07, 6.45) is 0. The van der Waals surface area contributed by atoms with Gasteiger partial charge in [0.15, 0.2) is 5.03 Å². The molecule has 38 heavy (non-hydrogen) atoms. The Balaban J connectivity index is 1.81. The summed E-state index contributed by atoms with van der Waals surface area (Å²) >= 11 is 0. The number of nitrogen functional groups attached to an aromatic ring is 1. The van der Waals surface area contributed by atoms with Crippen LogP contribution in [0.5, 0.6) is 17.4 Å². The number of aromatic nitrogens is 2. The van der Waals surface area contributed by atoms with Crippen LogP contribution in [0, 0.1) is 26.6 Å². The standard InChI is InChI=1S/C27H25FN4O5S/c1-15-12-16(2)25(17(3)13-15)37-27-20(26(33)32-38(34,35)24-7-5-6-23(29)31-24)10-11-21(30-27)19-9-8-18(28)14-22(19)36-4/h5-14H,1-4H3,(H2,29,31)(H,32,33). The van der Waals surface area contributed by atoms with Crippen LogP contribution in [0.15, 0.2) is 65.7 Å². The molecule has 3 N–H and O–H groups in total. The Morgan fingerprint density at radius 2 is 1.68 bits per heavy atom. The van der Waals surface area contributed by atoms with Gasteiger partial charge in [0.1, 0.15) is 28.7 Å². The molecule has 0 atom stereocenters. The van der Waals surface area contributed by atoms with Crippen LogP contribution in [0.3, 0.4) is 0 Å². The lowest BCUT2D eigenvalue weighted by Crippen LogP contribution is -2.31. The van der Waals surface area contributed by atoms with Crippen molar-refractivity contribution in [3.63, 3.8) is 0 Å². The first kappa shape index (κ1) is 26.6. The van der Waals surface area contributed by atoms with Crippen LogP contribution in [0.25, 0.3) is 11.3 Å². The fourth-order valence-electron chi connectivity index (χ4n) is 3.95. The van der Waals surface area contributed by atoms with Crippen LogP contribution in [0.1, 0.15) is 27.0 Å². The van der Waals surface area contributed by atoms with Crippen LogP contribution in [-0.4, -0.2) is 31.4 Å². The molecule has 0 aliphatic heterocycles. The molecule has 0 saturated heterocycles. The monoisotopic (exact) mass is 536 g/mol. The van der Waals surface area contributed by atoms with E-state index in [1.165, 1.54) is 55.6 Å². The van der Waals surface area contributed by atoms with Gasteiger partial charge in [-0.3, -0.25) is 4.79 Å². The van der Waals surface area contributed by atoms with Crippen molar-refractivity contribution in [1.82, 2.24) is 14.7 Å². The molecule has 4 rings (SSSR count). The molecule has 2 heterocycles. The third-order valence-electron chi connectivity index (χ3n) is 5.60. The number of nitrogens with one attached hydrogen (secondary N) is 1. The van der Waals surface area contributed by atoms with Gasteiger partial charge in [-0.1, -0.05) is 23.8 Å². The Labute approximate surface area is 219 Å². The van der Waals surface area contributed by atoms with Gasteiger partial charge >= 0.3 is 0 Å². The van der Waals surface area contributed by atoms with E-state index in [1.807, 2.05) is 37.6 Å². The zero-order chi connectivity index (χ0) is 27.6. The number of hydrogen-bond donors (Lipinski definition) is 2. The van der Waals surface area contributed by atoms with Gasteiger partial charge < -0.3 is 15.2 Å². The van der Waals surface area contributed by atoms with Crippen LogP contribution in [-0.2, 0) is 10.0 Å². The molecule has 0 spiro atoms. The molecule has 0 saturated carbocycles. The highest BCUT2D eigenvalue weighted by Crippen LogP contribution is 2.35. The van der Waals surface area contributed by atoms with Gasteiger partial charge in [-0.2, -0.15) is 8.42 Å². The fourth-order valence-corrected chi connectivity index (χ4v) is 4.89. The minimum absolute atomic E-state index is 0.0195. The number of nitrogens with two attached hydrogens (primary N) is 1. The summed E-state index contributed by atoms with van der Waals surface area (Å²) in [5.74, 6) is -0.980. The average molecular weight is 537 g/mol. The van der Waals surface area contributed by atoms with E-state index in [0.717, 1.165) is 16.7 Å². The number of benzene rings is 2. The molecule has 4 aromatic rings. The molecular formula is C27H25FN4O5S. The van der Waals surface area contributed by atoms with Gasteiger partial charge in [0, 0.05) is 11.6 Å². The molecule has 9 nitrogen and oxygen atoms in total. The maximum atomic E-state index is 13.8. The minimum atomic E-state index is -4.36. The Kier molecular flexibility index (Phi) is 7.31. The van der Waals surface area contributed by atoms with Gasteiger partial charge in [-0.05, 0) is 68.3 Å². The summed E-state index contributed by atoms with van der Waals surface area (Å²) in [7, 11) is -2.96. The van der Waals surface area contributed by atoms with Crippen LogP contribution < -0.4 is 19.9 Å². The van der Waals surface area contributed by atoms with Crippen molar-refractivity contribution in [3.05, 3.63) is 88.7 Å². The lowest BCUT2D eigenvalue weighted by Gasteiger charge is -2.16. The van der Waals surface area contributed by atoms with E-state index in [9.17, 15) is 17.6 Å². The van der Waals surface area contributed by atoms with E-state index in [1.54, 1.807) is 0 Å². The molecule has 1 amide bonds. The smallest absolute Gasteiger partial charge is 0.281 e. The minimum Gasteiger partial charge on any atom is -0.496 e. The summed E-state index contributed by atoms with van der Waals surface area (Å²) in [6.45, 7) is 5.63. The number of pyridine rings is 2. The van der Waals surface area contributed by atoms with Crippen LogP contribution in [0.4, 0.5) is 10.2 Å². The first-order valence-electron chi connectivity index (χ1n) is 11.4. The Hall–Kier alpha value is -4.51. The van der Waals surface area contributed by atoms with Crippen molar-refractivity contribution >= 4 is 21.7 Å². The maximum absolute atomic E-state index is 13.8. The fraction of sp³-hybridized carbons (Fsp3) is 0.148. The number of halogens is 1. The average Bonchev–Trinajstić information content (AvgIpc) is 2.85. The second kappa shape index (κ2) is 10.5. The molecule has 0 bridgehead atoms. The van der Waals surface area contributed by atoms with Crippen molar-refractivity contribution < 1.29 is 27.1 Å². The van der Waals surface area contributed by atoms with Gasteiger partial charge in [0.05, 0.1) is 12.8 Å². The predicted molar refractivity (Wildman–Crippen MR) is 140 cm³/mol. The summed E-state index contributed by atoms with van der Waals surface area (Å²) in [4.78, 5) is 21.5. The normalized spacial score (nSPS) is 11.2. The number of rotatable bonds is 7. The lowest BCUT2D eigenvalue weighted by atomic mass is 10.1. The Morgan fingerprint density at radius 3 is 2.34 bits per heavy atom. The molecule has 0 aliphatic carbocycles. The first-order valence-corrected chi connectivity index (χ1v) is 12.9. The first-order chi connectivity index (χ1) is 18.0. The molecule has 0 fully saturated rings. The number of anilines is 1. The summed E-state index contributed by atoms with van der Waals surface area (Å²) in [5, 5.41) is -0.417. The van der Waals surface area contributed by atoms with Crippen molar-refractivity contribution in [2.75, 3.05) is 12.8 Å².